The van der Waals surface area contributed by atoms with Crippen LogP contribution in [0.5, 0.6) is 5.75 Å². The van der Waals surface area contributed by atoms with E-state index in [0.717, 1.165) is 36.6 Å². The van der Waals surface area contributed by atoms with Crippen molar-refractivity contribution in [2.75, 3.05) is 19.0 Å². The van der Waals surface area contributed by atoms with Crippen LogP contribution < -0.4 is 10.1 Å². The van der Waals surface area contributed by atoms with Gasteiger partial charge in [-0.05, 0) is 43.7 Å². The number of pyridine rings is 1. The number of aliphatic hydroxyl groups is 1. The molecule has 0 saturated heterocycles. The Hall–Kier alpha value is -3.44. The third-order valence-corrected chi connectivity index (χ3v) is 5.67. The van der Waals surface area contributed by atoms with E-state index in [2.05, 4.69) is 10.3 Å². The number of fused-ring (bicyclic) bond motifs is 1. The minimum Gasteiger partial charge on any atom is -0.494 e. The van der Waals surface area contributed by atoms with Crippen molar-refractivity contribution in [2.24, 2.45) is 5.92 Å². The molecule has 154 valence electrons. The number of nitrogens with zero attached hydrogens (tertiary/aromatic N) is 4. The van der Waals surface area contributed by atoms with E-state index in [1.165, 1.54) is 18.5 Å². The molecule has 8 nitrogen and oxygen atoms in total. The highest BCUT2D eigenvalue weighted by atomic mass is 16.5. The van der Waals surface area contributed by atoms with Crippen LogP contribution >= 0.6 is 0 Å². The summed E-state index contributed by atoms with van der Waals surface area (Å²) in [7, 11) is 1.54. The minimum atomic E-state index is -0.369. The van der Waals surface area contributed by atoms with Crippen molar-refractivity contribution in [1.29, 1.82) is 5.26 Å². The lowest BCUT2D eigenvalue weighted by Gasteiger charge is -2.27. The summed E-state index contributed by atoms with van der Waals surface area (Å²) in [5.74, 6) is 0.531. The summed E-state index contributed by atoms with van der Waals surface area (Å²) in [5.41, 5.74) is 1.94. The first kappa shape index (κ1) is 19.9. The Kier molecular flexibility index (Phi) is 5.63. The van der Waals surface area contributed by atoms with Gasteiger partial charge in [0.15, 0.2) is 0 Å². The highest BCUT2D eigenvalue weighted by molar-refractivity contribution is 6.06. The van der Waals surface area contributed by atoms with Gasteiger partial charge in [0.2, 0.25) is 0 Å². The molecule has 1 aliphatic rings. The molecule has 1 aromatic carbocycles. The lowest BCUT2D eigenvalue weighted by Crippen LogP contribution is -2.20. The Morgan fingerprint density at radius 1 is 1.30 bits per heavy atom. The van der Waals surface area contributed by atoms with Crippen LogP contribution in [0.15, 0.2) is 36.8 Å². The van der Waals surface area contributed by atoms with Gasteiger partial charge in [0.1, 0.15) is 11.8 Å². The van der Waals surface area contributed by atoms with Gasteiger partial charge in [-0.15, -0.1) is 0 Å². The molecule has 8 heteroatoms. The number of hydrogen-bond donors (Lipinski definition) is 2. The summed E-state index contributed by atoms with van der Waals surface area (Å²) in [4.78, 5) is 16.6. The molecule has 1 saturated carbocycles. The van der Waals surface area contributed by atoms with E-state index in [0.29, 0.717) is 34.5 Å². The first-order valence-electron chi connectivity index (χ1n) is 9.95. The zero-order valence-corrected chi connectivity index (χ0v) is 16.7. The highest BCUT2D eigenvalue weighted by Crippen LogP contribution is 2.35. The lowest BCUT2D eigenvalue weighted by atomic mass is 9.87. The van der Waals surface area contributed by atoms with Crippen molar-refractivity contribution in [2.45, 2.75) is 31.7 Å². The van der Waals surface area contributed by atoms with E-state index in [-0.39, 0.29) is 12.5 Å². The van der Waals surface area contributed by atoms with Crippen LogP contribution in [0.1, 0.15) is 47.6 Å². The molecular weight excluding hydrogens is 382 g/mol. The van der Waals surface area contributed by atoms with Crippen LogP contribution in [-0.2, 0) is 0 Å². The smallest absolute Gasteiger partial charge is 0.257 e. The monoisotopic (exact) mass is 405 g/mol. The van der Waals surface area contributed by atoms with Crippen LogP contribution in [0.4, 0.5) is 5.69 Å². The normalized spacial score (nSPS) is 18.7. The molecule has 0 spiro atoms. The number of aliphatic hydroxyl groups excluding tert-OH is 1. The molecule has 3 aromatic rings. The molecule has 2 N–H and O–H groups in total. The average molecular weight is 405 g/mol. The number of carbonyl (C=O) groups excluding carboxylic acids is 1. The van der Waals surface area contributed by atoms with Gasteiger partial charge >= 0.3 is 0 Å². The summed E-state index contributed by atoms with van der Waals surface area (Å²) in [6.07, 6.45) is 8.79. The molecule has 0 unspecified atom stereocenters. The second kappa shape index (κ2) is 8.51. The van der Waals surface area contributed by atoms with Gasteiger partial charge in [-0.25, -0.2) is 0 Å². The zero-order chi connectivity index (χ0) is 21.1. The summed E-state index contributed by atoms with van der Waals surface area (Å²) in [6, 6.07) is 7.44. The summed E-state index contributed by atoms with van der Waals surface area (Å²) in [6.45, 7) is 0.251. The zero-order valence-electron chi connectivity index (χ0n) is 16.7. The maximum absolute atomic E-state index is 12.6. The molecule has 0 aliphatic heterocycles. The predicted octanol–water partition coefficient (Wildman–Crippen LogP) is 3.29. The van der Waals surface area contributed by atoms with Crippen LogP contribution in [0.25, 0.3) is 10.9 Å². The van der Waals surface area contributed by atoms with E-state index in [1.807, 2.05) is 29.1 Å². The van der Waals surface area contributed by atoms with Gasteiger partial charge in [-0.1, -0.05) is 0 Å². The molecule has 30 heavy (non-hydrogen) atoms. The maximum Gasteiger partial charge on any atom is 0.257 e. The fraction of sp³-hybridized carbons (Fsp3) is 0.364. The molecule has 2 aromatic heterocycles. The average Bonchev–Trinajstić information content (AvgIpc) is 3.21. The first-order chi connectivity index (χ1) is 14.6. The number of ether oxygens (including phenoxy) is 1. The number of nitriles is 1. The standard InChI is InChI=1S/C22H23N5O3/c1-30-21-8-19-17(12-27(26-19)18-4-2-14(13-28)3-5-18)7-20(21)25-22(29)16-6-15(9-23)10-24-11-16/h6-8,10-12,14,18,28H,2-5,13H2,1H3,(H,25,29). The van der Waals surface area contributed by atoms with Gasteiger partial charge < -0.3 is 15.2 Å². The molecule has 0 radical (unpaired) electrons. The third-order valence-electron chi connectivity index (χ3n) is 5.67. The van der Waals surface area contributed by atoms with Crippen molar-refractivity contribution in [3.8, 4) is 11.8 Å². The topological polar surface area (TPSA) is 113 Å². The Labute approximate surface area is 174 Å². The number of nitrogens with one attached hydrogen (secondary N) is 1. The van der Waals surface area contributed by atoms with Crippen molar-refractivity contribution in [3.05, 3.63) is 47.9 Å². The number of anilines is 1. The summed E-state index contributed by atoms with van der Waals surface area (Å²) < 4.78 is 7.45. The van der Waals surface area contributed by atoms with E-state index in [9.17, 15) is 9.90 Å². The quantitative estimate of drug-likeness (QED) is 0.673. The minimum absolute atomic E-state index is 0.251. The first-order valence-corrected chi connectivity index (χ1v) is 9.95. The molecule has 0 atom stereocenters. The third kappa shape index (κ3) is 3.98. The van der Waals surface area contributed by atoms with Gasteiger partial charge in [-0.3, -0.25) is 14.5 Å². The van der Waals surface area contributed by atoms with Gasteiger partial charge in [0, 0.05) is 36.7 Å². The van der Waals surface area contributed by atoms with E-state index < -0.39 is 0 Å². The number of benzene rings is 1. The molecule has 1 fully saturated rings. The molecule has 4 rings (SSSR count). The van der Waals surface area contributed by atoms with E-state index >= 15 is 0 Å². The molecule has 1 amide bonds. The van der Waals surface area contributed by atoms with E-state index in [4.69, 9.17) is 15.1 Å². The van der Waals surface area contributed by atoms with Crippen molar-refractivity contribution in [1.82, 2.24) is 14.8 Å². The maximum atomic E-state index is 12.6. The number of rotatable bonds is 5. The van der Waals surface area contributed by atoms with Crippen LogP contribution in [-0.4, -0.2) is 39.5 Å². The summed E-state index contributed by atoms with van der Waals surface area (Å²) in [5, 5.41) is 26.8. The van der Waals surface area contributed by atoms with Crippen molar-refractivity contribution >= 4 is 22.5 Å². The molecule has 0 bridgehead atoms. The van der Waals surface area contributed by atoms with Gasteiger partial charge in [-0.2, -0.15) is 10.4 Å². The number of hydrogen-bond acceptors (Lipinski definition) is 6. The fourth-order valence-corrected chi connectivity index (χ4v) is 3.94. The second-order valence-corrected chi connectivity index (χ2v) is 7.61. The van der Waals surface area contributed by atoms with Crippen LogP contribution in [0.3, 0.4) is 0 Å². The predicted molar refractivity (Wildman–Crippen MR) is 111 cm³/mol. The van der Waals surface area contributed by atoms with Crippen LogP contribution in [0.2, 0.25) is 0 Å². The summed E-state index contributed by atoms with van der Waals surface area (Å²) >= 11 is 0. The fourth-order valence-electron chi connectivity index (χ4n) is 3.94. The SMILES string of the molecule is COc1cc2nn(C3CCC(CO)CC3)cc2cc1NC(=O)c1cncc(C#N)c1. The number of aromatic nitrogens is 3. The van der Waals surface area contributed by atoms with Crippen LogP contribution in [0, 0.1) is 17.2 Å². The second-order valence-electron chi connectivity index (χ2n) is 7.61. The molecule has 2 heterocycles. The Balaban J connectivity index is 1.59. The Morgan fingerprint density at radius 3 is 2.80 bits per heavy atom. The van der Waals surface area contributed by atoms with Crippen molar-refractivity contribution in [3.63, 3.8) is 0 Å². The largest absolute Gasteiger partial charge is 0.494 e. The Bertz CT molecular complexity index is 1110. The molecule has 1 aliphatic carbocycles. The molecular formula is C22H23N5O3. The Morgan fingerprint density at radius 2 is 2.10 bits per heavy atom. The van der Waals surface area contributed by atoms with Gasteiger partial charge in [0.25, 0.3) is 5.91 Å². The lowest BCUT2D eigenvalue weighted by molar-refractivity contribution is 0.102. The van der Waals surface area contributed by atoms with E-state index in [1.54, 1.807) is 7.11 Å². The number of carbonyl (C=O) groups is 1. The van der Waals surface area contributed by atoms with Crippen molar-refractivity contribution < 1.29 is 14.6 Å². The highest BCUT2D eigenvalue weighted by Gasteiger charge is 2.23. The number of methoxy groups -OCH3 is 1. The number of amides is 1. The van der Waals surface area contributed by atoms with Gasteiger partial charge in [0.05, 0.1) is 35.5 Å².